The molecular formula is C12H13N5S2. The molecule has 0 spiro atoms. The molecule has 0 atom stereocenters. The second-order valence-electron chi connectivity index (χ2n) is 4.29. The molecule has 0 aliphatic carbocycles. The lowest BCUT2D eigenvalue weighted by Gasteiger charge is -2.05. The Bertz CT molecular complexity index is 748. The second kappa shape index (κ2) is 4.75. The zero-order valence-corrected chi connectivity index (χ0v) is 12.3. The van der Waals surface area contributed by atoms with E-state index in [1.807, 2.05) is 40.0 Å². The number of nitrogens with one attached hydrogen (secondary N) is 1. The predicted octanol–water partition coefficient (Wildman–Crippen LogP) is 2.76. The molecule has 0 aromatic carbocycles. The molecule has 98 valence electrons. The molecule has 0 amide bonds. The summed E-state index contributed by atoms with van der Waals surface area (Å²) in [6.45, 7) is 2.74. The molecule has 0 aliphatic heterocycles. The van der Waals surface area contributed by atoms with Crippen molar-refractivity contribution >= 4 is 23.6 Å². The lowest BCUT2D eigenvalue weighted by molar-refractivity contribution is 0.730. The van der Waals surface area contributed by atoms with Crippen molar-refractivity contribution in [3.63, 3.8) is 0 Å². The van der Waals surface area contributed by atoms with Crippen LogP contribution in [0.1, 0.15) is 11.3 Å². The van der Waals surface area contributed by atoms with Gasteiger partial charge in [-0.3, -0.25) is 14.3 Å². The number of hydrogen-bond donors (Lipinski definition) is 1. The highest BCUT2D eigenvalue weighted by atomic mass is 32.1. The number of H-pyrrole nitrogens is 1. The van der Waals surface area contributed by atoms with Crippen LogP contribution in [0.2, 0.25) is 0 Å². The fraction of sp³-hybridized carbons (Fsp3) is 0.250. The first kappa shape index (κ1) is 12.3. The molecule has 0 saturated heterocycles. The summed E-state index contributed by atoms with van der Waals surface area (Å²) in [5.74, 6) is 0.878. The van der Waals surface area contributed by atoms with Crippen LogP contribution < -0.4 is 0 Å². The van der Waals surface area contributed by atoms with Crippen LogP contribution in [0.5, 0.6) is 0 Å². The molecule has 5 nitrogen and oxygen atoms in total. The summed E-state index contributed by atoms with van der Waals surface area (Å²) >= 11 is 6.97. The Labute approximate surface area is 119 Å². The molecule has 3 heterocycles. The zero-order valence-electron chi connectivity index (χ0n) is 10.6. The van der Waals surface area contributed by atoms with Gasteiger partial charge in [0.2, 0.25) is 0 Å². The van der Waals surface area contributed by atoms with Crippen molar-refractivity contribution in [3.8, 4) is 10.7 Å². The molecule has 19 heavy (non-hydrogen) atoms. The van der Waals surface area contributed by atoms with E-state index < -0.39 is 0 Å². The number of nitrogens with zero attached hydrogens (tertiary/aromatic N) is 4. The van der Waals surface area contributed by atoms with Gasteiger partial charge in [0.1, 0.15) is 0 Å². The van der Waals surface area contributed by atoms with Crippen LogP contribution in [-0.2, 0) is 13.6 Å². The van der Waals surface area contributed by atoms with E-state index in [4.69, 9.17) is 12.2 Å². The Kier molecular flexibility index (Phi) is 3.08. The average Bonchev–Trinajstić information content (AvgIpc) is 3.09. The van der Waals surface area contributed by atoms with Crippen molar-refractivity contribution in [2.75, 3.05) is 0 Å². The Morgan fingerprint density at radius 2 is 2.32 bits per heavy atom. The molecule has 0 bridgehead atoms. The SMILES string of the molecule is Cc1c(Cn2c(-c3cccs3)n[nH]c2=S)cnn1C. The van der Waals surface area contributed by atoms with E-state index in [-0.39, 0.29) is 0 Å². The van der Waals surface area contributed by atoms with Crippen LogP contribution in [0, 0.1) is 11.7 Å². The Morgan fingerprint density at radius 1 is 1.47 bits per heavy atom. The minimum absolute atomic E-state index is 0.631. The summed E-state index contributed by atoms with van der Waals surface area (Å²) in [4.78, 5) is 1.11. The molecule has 0 fully saturated rings. The minimum Gasteiger partial charge on any atom is -0.295 e. The van der Waals surface area contributed by atoms with Gasteiger partial charge in [-0.25, -0.2) is 0 Å². The fourth-order valence-corrected chi connectivity index (χ4v) is 2.85. The fourth-order valence-electron chi connectivity index (χ4n) is 1.93. The van der Waals surface area contributed by atoms with Crippen molar-refractivity contribution in [2.45, 2.75) is 13.5 Å². The topological polar surface area (TPSA) is 51.4 Å². The molecule has 3 aromatic heterocycles. The van der Waals surface area contributed by atoms with Gasteiger partial charge < -0.3 is 0 Å². The van der Waals surface area contributed by atoms with Gasteiger partial charge >= 0.3 is 0 Å². The lowest BCUT2D eigenvalue weighted by atomic mass is 10.2. The van der Waals surface area contributed by atoms with E-state index in [2.05, 4.69) is 22.2 Å². The zero-order chi connectivity index (χ0) is 13.4. The molecule has 1 N–H and O–H groups in total. The maximum Gasteiger partial charge on any atom is 0.195 e. The Balaban J connectivity index is 2.04. The molecule has 0 unspecified atom stereocenters. The standard InChI is InChI=1S/C12H13N5S2/c1-8-9(6-13-16(8)2)7-17-11(14-15-12(17)18)10-4-3-5-19-10/h3-6H,7H2,1-2H3,(H,15,18). The predicted molar refractivity (Wildman–Crippen MR) is 77.8 cm³/mol. The van der Waals surface area contributed by atoms with E-state index >= 15 is 0 Å². The first-order chi connectivity index (χ1) is 9.16. The molecule has 0 aliphatic rings. The van der Waals surface area contributed by atoms with Gasteiger partial charge in [-0.2, -0.15) is 10.2 Å². The van der Waals surface area contributed by atoms with Crippen molar-refractivity contribution < 1.29 is 0 Å². The van der Waals surface area contributed by atoms with Crippen LogP contribution in [0.25, 0.3) is 10.7 Å². The van der Waals surface area contributed by atoms with Crippen molar-refractivity contribution in [3.05, 3.63) is 39.7 Å². The molecule has 7 heteroatoms. The van der Waals surface area contributed by atoms with Gasteiger partial charge in [-0.15, -0.1) is 11.3 Å². The average molecular weight is 291 g/mol. The van der Waals surface area contributed by atoms with Gasteiger partial charge in [0.25, 0.3) is 0 Å². The smallest absolute Gasteiger partial charge is 0.195 e. The van der Waals surface area contributed by atoms with E-state index in [1.165, 1.54) is 0 Å². The summed E-state index contributed by atoms with van der Waals surface area (Å²) in [6, 6.07) is 4.06. The third-order valence-corrected chi connectivity index (χ3v) is 4.34. The normalized spacial score (nSPS) is 11.1. The highest BCUT2D eigenvalue weighted by molar-refractivity contribution is 7.71. The third-order valence-electron chi connectivity index (χ3n) is 3.17. The van der Waals surface area contributed by atoms with Crippen molar-refractivity contribution in [1.29, 1.82) is 0 Å². The van der Waals surface area contributed by atoms with Gasteiger partial charge in [-0.05, 0) is 30.6 Å². The maximum atomic E-state index is 5.32. The second-order valence-corrected chi connectivity index (χ2v) is 5.63. The van der Waals surface area contributed by atoms with Gasteiger partial charge in [0.15, 0.2) is 10.6 Å². The molecule has 3 aromatic rings. The monoisotopic (exact) mass is 291 g/mol. The Morgan fingerprint density at radius 3 is 2.95 bits per heavy atom. The molecule has 3 rings (SSSR count). The molecule has 0 radical (unpaired) electrons. The van der Waals surface area contributed by atoms with Gasteiger partial charge in [0.05, 0.1) is 17.6 Å². The number of aromatic amines is 1. The summed E-state index contributed by atoms with van der Waals surface area (Å²) in [6.07, 6.45) is 1.88. The first-order valence-electron chi connectivity index (χ1n) is 5.83. The van der Waals surface area contributed by atoms with Crippen LogP contribution in [0.4, 0.5) is 0 Å². The van der Waals surface area contributed by atoms with E-state index in [9.17, 15) is 0 Å². The van der Waals surface area contributed by atoms with Crippen LogP contribution >= 0.6 is 23.6 Å². The van der Waals surface area contributed by atoms with Gasteiger partial charge in [-0.1, -0.05) is 6.07 Å². The number of hydrogen-bond acceptors (Lipinski definition) is 4. The Hall–Kier alpha value is -1.73. The largest absolute Gasteiger partial charge is 0.295 e. The summed E-state index contributed by atoms with van der Waals surface area (Å²) in [7, 11) is 1.94. The van der Waals surface area contributed by atoms with Gasteiger partial charge in [0, 0.05) is 18.3 Å². The highest BCUT2D eigenvalue weighted by Gasteiger charge is 2.12. The summed E-state index contributed by atoms with van der Waals surface area (Å²) in [5, 5.41) is 13.5. The van der Waals surface area contributed by atoms with E-state index in [0.717, 1.165) is 22.0 Å². The van der Waals surface area contributed by atoms with Crippen LogP contribution in [0.15, 0.2) is 23.7 Å². The highest BCUT2D eigenvalue weighted by Crippen LogP contribution is 2.23. The van der Waals surface area contributed by atoms with E-state index in [1.54, 1.807) is 11.3 Å². The number of aromatic nitrogens is 5. The lowest BCUT2D eigenvalue weighted by Crippen LogP contribution is -2.03. The van der Waals surface area contributed by atoms with Crippen LogP contribution in [-0.4, -0.2) is 24.5 Å². The minimum atomic E-state index is 0.631. The quantitative estimate of drug-likeness (QED) is 0.755. The van der Waals surface area contributed by atoms with Crippen LogP contribution in [0.3, 0.4) is 0 Å². The van der Waals surface area contributed by atoms with Crippen molar-refractivity contribution in [1.82, 2.24) is 24.5 Å². The van der Waals surface area contributed by atoms with E-state index in [0.29, 0.717) is 11.3 Å². The van der Waals surface area contributed by atoms with Crippen molar-refractivity contribution in [2.24, 2.45) is 7.05 Å². The number of rotatable bonds is 3. The summed E-state index contributed by atoms with van der Waals surface area (Å²) in [5.41, 5.74) is 2.29. The molecule has 0 saturated carbocycles. The summed E-state index contributed by atoms with van der Waals surface area (Å²) < 4.78 is 4.50. The number of thiophene rings is 1. The third kappa shape index (κ3) is 2.15. The first-order valence-corrected chi connectivity index (χ1v) is 7.12. The maximum absolute atomic E-state index is 5.32. The number of aryl methyl sites for hydroxylation is 1. The molecular weight excluding hydrogens is 278 g/mol.